The average Bonchev–Trinajstić information content (AvgIpc) is 1.98. The standard InChI is InChI=1S/C12H24Si/c1-7-9-10-13(6,8-2)11-12(3,4)5/h2H,7,9-11H2,1,3-6H3. The van der Waals surface area contributed by atoms with Crippen molar-refractivity contribution in [3.05, 3.63) is 0 Å². The van der Waals surface area contributed by atoms with Crippen LogP contribution in [0.25, 0.3) is 0 Å². The van der Waals surface area contributed by atoms with Gasteiger partial charge in [0.05, 0.1) is 0 Å². The number of rotatable bonds is 4. The Hall–Kier alpha value is -0.223. The summed E-state index contributed by atoms with van der Waals surface area (Å²) in [5.41, 5.74) is 3.51. The van der Waals surface area contributed by atoms with Crippen LogP contribution in [-0.2, 0) is 0 Å². The van der Waals surface area contributed by atoms with E-state index in [1.54, 1.807) is 0 Å². The first-order valence-electron chi connectivity index (χ1n) is 5.31. The second-order valence-electron chi connectivity index (χ2n) is 5.55. The molecule has 0 bridgehead atoms. The molecule has 0 radical (unpaired) electrons. The Kier molecular flexibility index (Phi) is 4.78. The van der Waals surface area contributed by atoms with E-state index in [1.165, 1.54) is 24.9 Å². The summed E-state index contributed by atoms with van der Waals surface area (Å²) in [6, 6.07) is 2.56. The first kappa shape index (κ1) is 12.8. The maximum atomic E-state index is 5.67. The minimum atomic E-state index is -1.35. The van der Waals surface area contributed by atoms with E-state index in [-0.39, 0.29) is 0 Å². The highest BCUT2D eigenvalue weighted by Gasteiger charge is 2.29. The van der Waals surface area contributed by atoms with Crippen LogP contribution in [0, 0.1) is 17.4 Å². The lowest BCUT2D eigenvalue weighted by Crippen LogP contribution is -2.33. The first-order chi connectivity index (χ1) is 5.83. The van der Waals surface area contributed by atoms with Crippen molar-refractivity contribution in [1.29, 1.82) is 0 Å². The zero-order chi connectivity index (χ0) is 10.5. The lowest BCUT2D eigenvalue weighted by molar-refractivity contribution is 0.461. The molecule has 1 unspecified atom stereocenters. The summed E-state index contributed by atoms with van der Waals surface area (Å²) in [5.74, 6) is 0. The van der Waals surface area contributed by atoms with Crippen molar-refractivity contribution in [1.82, 2.24) is 0 Å². The van der Waals surface area contributed by atoms with Gasteiger partial charge >= 0.3 is 0 Å². The molecule has 0 rings (SSSR count). The third kappa shape index (κ3) is 5.93. The fourth-order valence-corrected chi connectivity index (χ4v) is 5.85. The van der Waals surface area contributed by atoms with Crippen molar-refractivity contribution >= 4 is 8.07 Å². The first-order valence-corrected chi connectivity index (χ1v) is 8.22. The van der Waals surface area contributed by atoms with Gasteiger partial charge in [-0.1, -0.05) is 47.1 Å². The van der Waals surface area contributed by atoms with E-state index >= 15 is 0 Å². The predicted octanol–water partition coefficient (Wildman–Crippen LogP) is 4.08. The summed E-state index contributed by atoms with van der Waals surface area (Å²) in [6.45, 7) is 11.5. The van der Waals surface area contributed by atoms with E-state index in [0.717, 1.165) is 0 Å². The van der Waals surface area contributed by atoms with Gasteiger partial charge in [0.15, 0.2) is 0 Å². The van der Waals surface area contributed by atoms with Crippen LogP contribution in [-0.4, -0.2) is 8.07 Å². The Morgan fingerprint density at radius 3 is 2.15 bits per heavy atom. The van der Waals surface area contributed by atoms with E-state index in [4.69, 9.17) is 6.42 Å². The van der Waals surface area contributed by atoms with Gasteiger partial charge in [0.2, 0.25) is 0 Å². The van der Waals surface area contributed by atoms with E-state index in [9.17, 15) is 0 Å². The van der Waals surface area contributed by atoms with E-state index in [2.05, 4.69) is 39.8 Å². The average molecular weight is 196 g/mol. The fraction of sp³-hybridized carbons (Fsp3) is 0.833. The number of hydrogen-bond acceptors (Lipinski definition) is 0. The van der Waals surface area contributed by atoms with Crippen molar-refractivity contribution in [3.63, 3.8) is 0 Å². The number of terminal acetylenes is 1. The summed E-state index contributed by atoms with van der Waals surface area (Å²) in [6.07, 6.45) is 8.25. The van der Waals surface area contributed by atoms with Crippen LogP contribution in [0.3, 0.4) is 0 Å². The number of unbranched alkanes of at least 4 members (excludes halogenated alkanes) is 1. The van der Waals surface area contributed by atoms with E-state index in [1.807, 2.05) is 0 Å². The second kappa shape index (κ2) is 4.86. The zero-order valence-electron chi connectivity index (χ0n) is 9.91. The number of hydrogen-bond donors (Lipinski definition) is 0. The molecule has 0 N–H and O–H groups in total. The molecule has 0 saturated carbocycles. The second-order valence-corrected chi connectivity index (χ2v) is 9.81. The highest BCUT2D eigenvalue weighted by atomic mass is 28.3. The predicted molar refractivity (Wildman–Crippen MR) is 64.4 cm³/mol. The Labute approximate surface area is 85.1 Å². The van der Waals surface area contributed by atoms with Crippen LogP contribution in [0.2, 0.25) is 18.6 Å². The molecule has 0 nitrogen and oxygen atoms in total. The molecule has 0 heterocycles. The molecule has 0 amide bonds. The van der Waals surface area contributed by atoms with Crippen LogP contribution >= 0.6 is 0 Å². The van der Waals surface area contributed by atoms with Gasteiger partial charge in [-0.2, -0.15) is 0 Å². The minimum Gasteiger partial charge on any atom is -0.135 e. The third-order valence-electron chi connectivity index (χ3n) is 2.35. The SMILES string of the molecule is C#C[Si](C)(CCCC)CC(C)(C)C. The van der Waals surface area contributed by atoms with Crippen LogP contribution in [0.5, 0.6) is 0 Å². The Bertz CT molecular complexity index is 182. The molecule has 13 heavy (non-hydrogen) atoms. The molecule has 0 fully saturated rings. The molecule has 1 heteroatoms. The van der Waals surface area contributed by atoms with Crippen LogP contribution in [0.4, 0.5) is 0 Å². The molecule has 0 aliphatic rings. The van der Waals surface area contributed by atoms with Crippen molar-refractivity contribution in [2.24, 2.45) is 5.41 Å². The summed E-state index contributed by atoms with van der Waals surface area (Å²) >= 11 is 0. The molecule has 0 saturated heterocycles. The van der Waals surface area contributed by atoms with Gasteiger partial charge in [-0.25, -0.2) is 0 Å². The summed E-state index contributed by atoms with van der Waals surface area (Å²) in [5, 5.41) is 0. The van der Waals surface area contributed by atoms with Crippen molar-refractivity contribution in [3.8, 4) is 12.0 Å². The maximum Gasteiger partial charge on any atom is 0.135 e. The van der Waals surface area contributed by atoms with E-state index < -0.39 is 8.07 Å². The molecular weight excluding hydrogens is 172 g/mol. The Morgan fingerprint density at radius 2 is 1.85 bits per heavy atom. The lowest BCUT2D eigenvalue weighted by Gasteiger charge is -2.29. The van der Waals surface area contributed by atoms with Gasteiger partial charge in [0.25, 0.3) is 0 Å². The molecular formula is C12H24Si. The van der Waals surface area contributed by atoms with Gasteiger partial charge in [-0.15, -0.1) is 12.0 Å². The van der Waals surface area contributed by atoms with Crippen molar-refractivity contribution in [2.75, 3.05) is 0 Å². The molecule has 0 spiro atoms. The van der Waals surface area contributed by atoms with Gasteiger partial charge in [0, 0.05) is 0 Å². The molecule has 1 atom stereocenters. The van der Waals surface area contributed by atoms with Gasteiger partial charge in [0.1, 0.15) is 8.07 Å². The molecule has 0 aromatic heterocycles. The highest BCUT2D eigenvalue weighted by Crippen LogP contribution is 2.30. The maximum absolute atomic E-state index is 5.67. The molecule has 0 aliphatic carbocycles. The Balaban J connectivity index is 4.22. The van der Waals surface area contributed by atoms with Crippen LogP contribution in [0.1, 0.15) is 40.5 Å². The smallest absolute Gasteiger partial charge is 0.135 e. The van der Waals surface area contributed by atoms with Crippen LogP contribution < -0.4 is 0 Å². The van der Waals surface area contributed by atoms with Crippen LogP contribution in [0.15, 0.2) is 0 Å². The largest absolute Gasteiger partial charge is 0.135 e. The van der Waals surface area contributed by atoms with Gasteiger partial charge in [-0.3, -0.25) is 0 Å². The Morgan fingerprint density at radius 1 is 1.31 bits per heavy atom. The fourth-order valence-electron chi connectivity index (χ4n) is 1.95. The summed E-state index contributed by atoms with van der Waals surface area (Å²) in [4.78, 5) is 0. The summed E-state index contributed by atoms with van der Waals surface area (Å²) in [7, 11) is -1.35. The zero-order valence-corrected chi connectivity index (χ0v) is 10.9. The molecule has 0 aliphatic heterocycles. The minimum absolute atomic E-state index is 0.404. The molecule has 76 valence electrons. The topological polar surface area (TPSA) is 0 Å². The van der Waals surface area contributed by atoms with E-state index in [0.29, 0.717) is 5.41 Å². The van der Waals surface area contributed by atoms with Gasteiger partial charge < -0.3 is 0 Å². The third-order valence-corrected chi connectivity index (χ3v) is 6.35. The van der Waals surface area contributed by atoms with Gasteiger partial charge in [-0.05, 0) is 17.5 Å². The lowest BCUT2D eigenvalue weighted by atomic mass is 10.0. The molecule has 0 aromatic carbocycles. The summed E-state index contributed by atoms with van der Waals surface area (Å²) < 4.78 is 0. The highest BCUT2D eigenvalue weighted by molar-refractivity contribution is 6.86. The monoisotopic (exact) mass is 196 g/mol. The van der Waals surface area contributed by atoms with Crippen molar-refractivity contribution in [2.45, 2.75) is 59.2 Å². The van der Waals surface area contributed by atoms with Crippen molar-refractivity contribution < 1.29 is 0 Å². The quantitative estimate of drug-likeness (QED) is 0.469. The molecule has 0 aromatic rings. The normalized spacial score (nSPS) is 16.3.